The van der Waals surface area contributed by atoms with Crippen LogP contribution < -0.4 is 20.1 Å². The minimum atomic E-state index is -0.146. The lowest BCUT2D eigenvalue weighted by atomic mass is 9.91. The second-order valence-electron chi connectivity index (χ2n) is 8.32. The third kappa shape index (κ3) is 4.16. The number of methoxy groups -OCH3 is 2. The molecule has 1 saturated heterocycles. The lowest BCUT2D eigenvalue weighted by molar-refractivity contribution is 0.354. The normalized spacial score (nSPS) is 15.7. The SMILES string of the molecule is COc1ccc(Cc2nc(N3CCC(C)(N)CC3)c3c(C)c(C#N)sc3n2)cc1OC. The number of rotatable bonds is 5. The Morgan fingerprint density at radius 1 is 1.19 bits per heavy atom. The van der Waals surface area contributed by atoms with E-state index in [9.17, 15) is 5.26 Å². The predicted molar refractivity (Wildman–Crippen MR) is 123 cm³/mol. The zero-order valence-corrected chi connectivity index (χ0v) is 19.2. The summed E-state index contributed by atoms with van der Waals surface area (Å²) in [6, 6.07) is 8.15. The van der Waals surface area contributed by atoms with Gasteiger partial charge in [-0.05, 0) is 49.9 Å². The Balaban J connectivity index is 1.76. The average Bonchev–Trinajstić information content (AvgIpc) is 3.08. The van der Waals surface area contributed by atoms with Gasteiger partial charge in [-0.1, -0.05) is 6.07 Å². The highest BCUT2D eigenvalue weighted by atomic mass is 32.1. The number of ether oxygens (including phenoxy) is 2. The molecule has 3 heterocycles. The molecule has 31 heavy (non-hydrogen) atoms. The van der Waals surface area contributed by atoms with Crippen LogP contribution >= 0.6 is 11.3 Å². The van der Waals surface area contributed by atoms with E-state index < -0.39 is 0 Å². The molecule has 162 valence electrons. The minimum absolute atomic E-state index is 0.146. The summed E-state index contributed by atoms with van der Waals surface area (Å²) in [6.45, 7) is 5.76. The van der Waals surface area contributed by atoms with E-state index in [-0.39, 0.29) is 5.54 Å². The maximum atomic E-state index is 9.56. The molecule has 0 radical (unpaired) electrons. The smallest absolute Gasteiger partial charge is 0.161 e. The Kier molecular flexibility index (Phi) is 5.73. The highest BCUT2D eigenvalue weighted by Crippen LogP contribution is 2.37. The Hall–Kier alpha value is -2.89. The van der Waals surface area contributed by atoms with Gasteiger partial charge in [0.15, 0.2) is 11.5 Å². The summed E-state index contributed by atoms with van der Waals surface area (Å²) in [6.07, 6.45) is 2.36. The zero-order valence-electron chi connectivity index (χ0n) is 18.4. The van der Waals surface area contributed by atoms with E-state index >= 15 is 0 Å². The van der Waals surface area contributed by atoms with Gasteiger partial charge in [0.1, 0.15) is 27.4 Å². The van der Waals surface area contributed by atoms with E-state index in [0.717, 1.165) is 58.9 Å². The molecule has 0 saturated carbocycles. The molecule has 2 aromatic heterocycles. The van der Waals surface area contributed by atoms with Crippen molar-refractivity contribution in [3.05, 3.63) is 40.0 Å². The van der Waals surface area contributed by atoms with Crippen molar-refractivity contribution < 1.29 is 9.47 Å². The summed E-state index contributed by atoms with van der Waals surface area (Å²) >= 11 is 1.43. The molecule has 0 bridgehead atoms. The van der Waals surface area contributed by atoms with Crippen LogP contribution in [0.4, 0.5) is 5.82 Å². The first-order valence-corrected chi connectivity index (χ1v) is 11.1. The van der Waals surface area contributed by atoms with E-state index in [1.54, 1.807) is 14.2 Å². The highest BCUT2D eigenvalue weighted by molar-refractivity contribution is 7.19. The fourth-order valence-corrected chi connectivity index (χ4v) is 4.97. The number of fused-ring (bicyclic) bond motifs is 1. The molecule has 1 aromatic carbocycles. The molecule has 1 aliphatic rings. The van der Waals surface area contributed by atoms with Crippen molar-refractivity contribution in [3.63, 3.8) is 0 Å². The number of aromatic nitrogens is 2. The minimum Gasteiger partial charge on any atom is -0.493 e. The summed E-state index contributed by atoms with van der Waals surface area (Å²) in [4.78, 5) is 13.6. The lowest BCUT2D eigenvalue weighted by Crippen LogP contribution is -2.48. The average molecular weight is 438 g/mol. The van der Waals surface area contributed by atoms with Crippen molar-refractivity contribution in [1.82, 2.24) is 9.97 Å². The van der Waals surface area contributed by atoms with Crippen molar-refractivity contribution in [2.24, 2.45) is 5.73 Å². The van der Waals surface area contributed by atoms with Crippen LogP contribution in [0.25, 0.3) is 10.2 Å². The first-order valence-electron chi connectivity index (χ1n) is 10.3. The van der Waals surface area contributed by atoms with Crippen LogP contribution in [0.3, 0.4) is 0 Å². The highest BCUT2D eigenvalue weighted by Gasteiger charge is 2.29. The largest absolute Gasteiger partial charge is 0.493 e. The van der Waals surface area contributed by atoms with Gasteiger partial charge in [0.2, 0.25) is 0 Å². The van der Waals surface area contributed by atoms with E-state index in [1.165, 1.54) is 11.3 Å². The van der Waals surface area contributed by atoms with Gasteiger partial charge in [-0.15, -0.1) is 11.3 Å². The molecule has 2 N–H and O–H groups in total. The van der Waals surface area contributed by atoms with E-state index in [4.69, 9.17) is 25.2 Å². The van der Waals surface area contributed by atoms with Crippen molar-refractivity contribution in [2.45, 2.75) is 38.6 Å². The molecule has 1 fully saturated rings. The van der Waals surface area contributed by atoms with Gasteiger partial charge < -0.3 is 20.1 Å². The van der Waals surface area contributed by atoms with Crippen LogP contribution in [-0.2, 0) is 6.42 Å². The number of nitriles is 1. The van der Waals surface area contributed by atoms with Crippen molar-refractivity contribution in [3.8, 4) is 17.6 Å². The molecular weight excluding hydrogens is 410 g/mol. The van der Waals surface area contributed by atoms with Crippen LogP contribution in [0.1, 0.15) is 41.6 Å². The van der Waals surface area contributed by atoms with Gasteiger partial charge in [-0.25, -0.2) is 9.97 Å². The van der Waals surface area contributed by atoms with Crippen LogP contribution in [0.2, 0.25) is 0 Å². The Bertz CT molecular complexity index is 1150. The fraction of sp³-hybridized carbons (Fsp3) is 0.435. The maximum Gasteiger partial charge on any atom is 0.161 e. The number of anilines is 1. The fourth-order valence-electron chi connectivity index (χ4n) is 3.98. The number of piperidine rings is 1. The summed E-state index contributed by atoms with van der Waals surface area (Å²) < 4.78 is 10.8. The summed E-state index contributed by atoms with van der Waals surface area (Å²) in [7, 11) is 3.25. The van der Waals surface area contributed by atoms with Crippen molar-refractivity contribution in [2.75, 3.05) is 32.2 Å². The number of benzene rings is 1. The topological polar surface area (TPSA) is 97.3 Å². The Labute approximate surface area is 186 Å². The molecule has 1 aliphatic heterocycles. The predicted octanol–water partition coefficient (Wildman–Crippen LogP) is 3.80. The molecule has 8 heteroatoms. The molecule has 0 spiro atoms. The molecule has 0 aliphatic carbocycles. The third-order valence-corrected chi connectivity index (χ3v) is 7.02. The molecule has 0 unspecified atom stereocenters. The standard InChI is InChI=1S/C23H27N5O2S/c1-14-18(13-24)31-22-20(14)21(28-9-7-23(2,25)8-10-28)26-19(27-22)12-15-5-6-16(29-3)17(11-15)30-4/h5-6,11H,7-10,12,25H2,1-4H3. The Morgan fingerprint density at radius 2 is 1.90 bits per heavy atom. The molecule has 3 aromatic rings. The number of thiophene rings is 1. The van der Waals surface area contributed by atoms with Gasteiger partial charge in [0.25, 0.3) is 0 Å². The zero-order chi connectivity index (χ0) is 22.2. The number of hydrogen-bond acceptors (Lipinski definition) is 8. The second kappa shape index (κ2) is 8.33. The molecule has 0 amide bonds. The summed E-state index contributed by atoms with van der Waals surface area (Å²) in [5.41, 5.74) is 8.19. The van der Waals surface area contributed by atoms with E-state index in [1.807, 2.05) is 25.1 Å². The van der Waals surface area contributed by atoms with Crippen LogP contribution in [0.5, 0.6) is 11.5 Å². The molecular formula is C23H27N5O2S. The maximum absolute atomic E-state index is 9.56. The number of hydrogen-bond donors (Lipinski definition) is 1. The lowest BCUT2D eigenvalue weighted by Gasteiger charge is -2.37. The monoisotopic (exact) mass is 437 g/mol. The van der Waals surface area contributed by atoms with Gasteiger partial charge >= 0.3 is 0 Å². The third-order valence-electron chi connectivity index (χ3n) is 5.93. The number of nitrogens with zero attached hydrogens (tertiary/aromatic N) is 4. The van der Waals surface area contributed by atoms with Gasteiger partial charge in [-0.2, -0.15) is 5.26 Å². The number of nitrogens with two attached hydrogens (primary N) is 1. The van der Waals surface area contributed by atoms with Gasteiger partial charge in [0, 0.05) is 25.0 Å². The Morgan fingerprint density at radius 3 is 2.55 bits per heavy atom. The van der Waals surface area contributed by atoms with Gasteiger partial charge in [-0.3, -0.25) is 0 Å². The van der Waals surface area contributed by atoms with Crippen molar-refractivity contribution >= 4 is 27.4 Å². The molecule has 4 rings (SSSR count). The van der Waals surface area contributed by atoms with Gasteiger partial charge in [0.05, 0.1) is 19.6 Å². The van der Waals surface area contributed by atoms with Crippen molar-refractivity contribution in [1.29, 1.82) is 5.26 Å². The second-order valence-corrected chi connectivity index (χ2v) is 9.32. The van der Waals surface area contributed by atoms with E-state index in [2.05, 4.69) is 17.9 Å². The molecule has 7 nitrogen and oxygen atoms in total. The summed E-state index contributed by atoms with van der Waals surface area (Å²) in [5, 5.41) is 10.5. The van der Waals surface area contributed by atoms with Crippen LogP contribution in [0, 0.1) is 18.3 Å². The number of aryl methyl sites for hydroxylation is 1. The van der Waals surface area contributed by atoms with Crippen LogP contribution in [-0.4, -0.2) is 42.8 Å². The summed E-state index contributed by atoms with van der Waals surface area (Å²) in [5.74, 6) is 3.00. The quantitative estimate of drug-likeness (QED) is 0.648. The van der Waals surface area contributed by atoms with E-state index in [0.29, 0.717) is 22.8 Å². The first-order chi connectivity index (χ1) is 14.8. The first kappa shape index (κ1) is 21.3. The van der Waals surface area contributed by atoms with Crippen LogP contribution in [0.15, 0.2) is 18.2 Å². The molecule has 0 atom stereocenters.